The molecule has 0 aliphatic rings. The van der Waals surface area contributed by atoms with Crippen molar-refractivity contribution in [2.45, 2.75) is 39.2 Å². The highest BCUT2D eigenvalue weighted by Gasteiger charge is 2.10. The van der Waals surface area contributed by atoms with Crippen LogP contribution in [0.15, 0.2) is 17.2 Å². The molecule has 1 aromatic rings. The number of rotatable bonds is 7. The smallest absolute Gasteiger partial charge is 0.293 e. The van der Waals surface area contributed by atoms with Crippen LogP contribution >= 0.6 is 0 Å². The Kier molecular flexibility index (Phi) is 5.85. The molecule has 102 valence electrons. The van der Waals surface area contributed by atoms with Gasteiger partial charge in [-0.15, -0.1) is 0 Å². The van der Waals surface area contributed by atoms with Gasteiger partial charge in [-0.2, -0.15) is 0 Å². The molecule has 1 aromatic heterocycles. The number of nitrogens with two attached hydrogens (primary N) is 1. The summed E-state index contributed by atoms with van der Waals surface area (Å²) in [6.07, 6.45) is 6.58. The molecule has 1 rings (SSSR count). The topological polar surface area (TPSA) is 64.2 Å². The first-order valence-corrected chi connectivity index (χ1v) is 6.56. The number of hydrogen-bond acceptors (Lipinski definition) is 4. The van der Waals surface area contributed by atoms with E-state index in [9.17, 15) is 4.79 Å². The molecule has 5 heteroatoms. The van der Waals surface area contributed by atoms with Crippen molar-refractivity contribution in [3.05, 3.63) is 22.7 Å². The van der Waals surface area contributed by atoms with Crippen molar-refractivity contribution in [2.24, 2.45) is 5.73 Å². The Labute approximate surface area is 109 Å². The summed E-state index contributed by atoms with van der Waals surface area (Å²) in [6.45, 7) is 5.55. The molecule has 18 heavy (non-hydrogen) atoms. The number of aromatic nitrogens is 2. The molecule has 0 unspecified atom stereocenters. The van der Waals surface area contributed by atoms with Crippen LogP contribution in [0.25, 0.3) is 0 Å². The minimum atomic E-state index is -0.0196. The Morgan fingerprint density at radius 1 is 1.39 bits per heavy atom. The molecule has 2 N–H and O–H groups in total. The van der Waals surface area contributed by atoms with Gasteiger partial charge in [-0.05, 0) is 33.2 Å². The lowest BCUT2D eigenvalue weighted by Crippen LogP contribution is -2.31. The van der Waals surface area contributed by atoms with Crippen LogP contribution in [0.4, 0.5) is 5.82 Å². The molecule has 0 bridgehead atoms. The van der Waals surface area contributed by atoms with Gasteiger partial charge >= 0.3 is 0 Å². The lowest BCUT2D eigenvalue weighted by molar-refractivity contribution is 0.571. The summed E-state index contributed by atoms with van der Waals surface area (Å²) >= 11 is 0. The monoisotopic (exact) mass is 252 g/mol. The van der Waals surface area contributed by atoms with E-state index in [1.165, 1.54) is 0 Å². The predicted molar refractivity (Wildman–Crippen MR) is 75.1 cm³/mol. The van der Waals surface area contributed by atoms with Crippen LogP contribution in [0.5, 0.6) is 0 Å². The summed E-state index contributed by atoms with van der Waals surface area (Å²) in [5.74, 6) is 0.527. The highest BCUT2D eigenvalue weighted by atomic mass is 16.1. The van der Waals surface area contributed by atoms with Crippen molar-refractivity contribution >= 4 is 5.82 Å². The van der Waals surface area contributed by atoms with Gasteiger partial charge in [0.05, 0.1) is 0 Å². The lowest BCUT2D eigenvalue weighted by Gasteiger charge is -2.19. The molecule has 5 nitrogen and oxygen atoms in total. The molecule has 0 radical (unpaired) electrons. The van der Waals surface area contributed by atoms with Crippen molar-refractivity contribution in [2.75, 3.05) is 25.0 Å². The zero-order valence-corrected chi connectivity index (χ0v) is 11.6. The highest BCUT2D eigenvalue weighted by molar-refractivity contribution is 5.34. The second-order valence-electron chi connectivity index (χ2n) is 4.83. The highest BCUT2D eigenvalue weighted by Crippen LogP contribution is 2.06. The molecular weight excluding hydrogens is 228 g/mol. The first-order valence-electron chi connectivity index (χ1n) is 6.56. The molecule has 0 saturated heterocycles. The van der Waals surface area contributed by atoms with Gasteiger partial charge in [0.2, 0.25) is 0 Å². The number of unbranched alkanes of at least 4 members (excludes halogenated alkanes) is 2. The van der Waals surface area contributed by atoms with E-state index < -0.39 is 0 Å². The van der Waals surface area contributed by atoms with E-state index in [-0.39, 0.29) is 11.6 Å². The van der Waals surface area contributed by atoms with E-state index in [0.717, 1.165) is 32.4 Å². The van der Waals surface area contributed by atoms with Crippen molar-refractivity contribution in [3.8, 4) is 0 Å². The molecule has 0 spiro atoms. The third kappa shape index (κ3) is 3.84. The Hall–Kier alpha value is -1.36. The predicted octanol–water partition coefficient (Wildman–Crippen LogP) is 1.39. The van der Waals surface area contributed by atoms with Gasteiger partial charge in [-0.25, -0.2) is 4.98 Å². The van der Waals surface area contributed by atoms with Gasteiger partial charge in [-0.1, -0.05) is 6.42 Å². The zero-order valence-electron chi connectivity index (χ0n) is 11.6. The zero-order chi connectivity index (χ0) is 13.5. The maximum absolute atomic E-state index is 12.2. The number of hydrogen-bond donors (Lipinski definition) is 1. The quantitative estimate of drug-likeness (QED) is 0.745. The maximum Gasteiger partial charge on any atom is 0.293 e. The Balaban J connectivity index is 2.71. The average Bonchev–Trinajstić information content (AvgIpc) is 2.34. The van der Waals surface area contributed by atoms with Crippen molar-refractivity contribution in [1.29, 1.82) is 0 Å². The van der Waals surface area contributed by atoms with Crippen LogP contribution < -0.4 is 16.2 Å². The van der Waals surface area contributed by atoms with Crippen LogP contribution in [0.1, 0.15) is 39.2 Å². The lowest BCUT2D eigenvalue weighted by atomic mass is 10.2. The van der Waals surface area contributed by atoms with E-state index in [1.54, 1.807) is 17.0 Å². The van der Waals surface area contributed by atoms with Gasteiger partial charge in [0, 0.05) is 32.0 Å². The third-order valence-corrected chi connectivity index (χ3v) is 2.97. The Morgan fingerprint density at radius 2 is 2.11 bits per heavy atom. The largest absolute Gasteiger partial charge is 0.355 e. The summed E-state index contributed by atoms with van der Waals surface area (Å²) in [5.41, 5.74) is 5.43. The normalized spacial score (nSPS) is 10.9. The van der Waals surface area contributed by atoms with Gasteiger partial charge in [0.1, 0.15) is 0 Å². The summed E-state index contributed by atoms with van der Waals surface area (Å²) in [7, 11) is 1.91. The van der Waals surface area contributed by atoms with E-state index in [1.807, 2.05) is 25.8 Å². The maximum atomic E-state index is 12.2. The standard InChI is InChI=1S/C13H24N4O/c1-11(2)17-10-8-15-12(13(17)18)16(3)9-6-4-5-7-14/h8,10-11H,4-7,9,14H2,1-3H3. The van der Waals surface area contributed by atoms with Gasteiger partial charge in [0.25, 0.3) is 5.56 Å². The summed E-state index contributed by atoms with van der Waals surface area (Å²) in [4.78, 5) is 18.3. The fourth-order valence-electron chi connectivity index (χ4n) is 1.86. The van der Waals surface area contributed by atoms with Gasteiger partial charge < -0.3 is 15.2 Å². The second-order valence-corrected chi connectivity index (χ2v) is 4.83. The van der Waals surface area contributed by atoms with Crippen molar-refractivity contribution in [1.82, 2.24) is 9.55 Å². The van der Waals surface area contributed by atoms with Gasteiger partial charge in [-0.3, -0.25) is 4.79 Å². The van der Waals surface area contributed by atoms with Crippen LogP contribution in [0.2, 0.25) is 0 Å². The molecule has 1 heterocycles. The number of nitrogens with zero attached hydrogens (tertiary/aromatic N) is 3. The molecule has 0 saturated carbocycles. The fourth-order valence-corrected chi connectivity index (χ4v) is 1.86. The summed E-state index contributed by atoms with van der Waals surface area (Å²) in [5, 5.41) is 0. The number of anilines is 1. The van der Waals surface area contributed by atoms with Crippen molar-refractivity contribution < 1.29 is 0 Å². The Morgan fingerprint density at radius 3 is 2.72 bits per heavy atom. The van der Waals surface area contributed by atoms with E-state index in [0.29, 0.717) is 5.82 Å². The minimum absolute atomic E-state index is 0.0196. The third-order valence-electron chi connectivity index (χ3n) is 2.97. The second kappa shape index (κ2) is 7.16. The van der Waals surface area contributed by atoms with Crippen molar-refractivity contribution in [3.63, 3.8) is 0 Å². The average molecular weight is 252 g/mol. The van der Waals surface area contributed by atoms with E-state index in [4.69, 9.17) is 5.73 Å². The summed E-state index contributed by atoms with van der Waals surface area (Å²) in [6, 6.07) is 0.157. The van der Waals surface area contributed by atoms with Crippen LogP contribution in [0, 0.1) is 0 Å². The van der Waals surface area contributed by atoms with E-state index in [2.05, 4.69) is 4.98 Å². The molecule has 0 fully saturated rings. The first-order chi connectivity index (χ1) is 8.57. The Bertz CT molecular complexity index is 414. The molecular formula is C13H24N4O. The van der Waals surface area contributed by atoms with Crippen LogP contribution in [-0.2, 0) is 0 Å². The molecule has 0 atom stereocenters. The minimum Gasteiger partial charge on any atom is -0.355 e. The molecule has 0 aliphatic carbocycles. The van der Waals surface area contributed by atoms with E-state index >= 15 is 0 Å². The fraction of sp³-hybridized carbons (Fsp3) is 0.692. The molecule has 0 amide bonds. The SMILES string of the molecule is CC(C)n1ccnc(N(C)CCCCCN)c1=O. The molecule has 0 aromatic carbocycles. The summed E-state index contributed by atoms with van der Waals surface area (Å²) < 4.78 is 1.71. The van der Waals surface area contributed by atoms with Gasteiger partial charge in [0.15, 0.2) is 5.82 Å². The first kappa shape index (κ1) is 14.7. The van der Waals surface area contributed by atoms with Crippen LogP contribution in [0.3, 0.4) is 0 Å². The van der Waals surface area contributed by atoms with Crippen LogP contribution in [-0.4, -0.2) is 29.7 Å². The molecule has 0 aliphatic heterocycles.